The Kier molecular flexibility index (Phi) is 4.02. The number of amides is 3. The van der Waals surface area contributed by atoms with Crippen LogP contribution in [0, 0.1) is 5.92 Å². The number of ether oxygens (including phenoxy) is 2. The summed E-state index contributed by atoms with van der Waals surface area (Å²) >= 11 is 0. The van der Waals surface area contributed by atoms with Crippen molar-refractivity contribution in [3.05, 3.63) is 42.1 Å². The van der Waals surface area contributed by atoms with E-state index in [4.69, 9.17) is 9.47 Å². The molecule has 3 heterocycles. The first-order valence-corrected chi connectivity index (χ1v) is 8.90. The highest BCUT2D eigenvalue weighted by atomic mass is 16.5. The van der Waals surface area contributed by atoms with E-state index in [9.17, 15) is 9.59 Å². The lowest BCUT2D eigenvalue weighted by atomic mass is 9.98. The molecule has 0 aliphatic carbocycles. The van der Waals surface area contributed by atoms with Gasteiger partial charge in [0.25, 0.3) is 5.91 Å². The molecule has 140 valence electrons. The molecule has 2 aromatic rings. The molecule has 3 amide bonds. The third-order valence-electron chi connectivity index (χ3n) is 4.72. The Morgan fingerprint density at radius 2 is 2.07 bits per heavy atom. The van der Waals surface area contributed by atoms with E-state index >= 15 is 0 Å². The van der Waals surface area contributed by atoms with Crippen LogP contribution < -0.4 is 19.7 Å². The van der Waals surface area contributed by atoms with Crippen molar-refractivity contribution in [3.8, 4) is 17.4 Å². The highest BCUT2D eigenvalue weighted by Crippen LogP contribution is 2.36. The predicted octanol–water partition coefficient (Wildman–Crippen LogP) is 3.28. The van der Waals surface area contributed by atoms with Crippen molar-refractivity contribution in [2.24, 2.45) is 5.92 Å². The third kappa shape index (κ3) is 3.09. The zero-order chi connectivity index (χ0) is 19.2. The molecule has 1 saturated heterocycles. The Hall–Kier alpha value is -3.09. The molecule has 1 fully saturated rings. The Bertz CT molecular complexity index is 908. The number of hydrogen-bond donors (Lipinski definition) is 1. The number of nitrogens with zero attached hydrogens (tertiary/aromatic N) is 2. The molecule has 0 spiro atoms. The lowest BCUT2D eigenvalue weighted by molar-refractivity contribution is -0.121. The number of carbonyl (C=O) groups is 2. The first-order chi connectivity index (χ1) is 12.8. The Labute approximate surface area is 157 Å². The number of fused-ring (bicyclic) bond motifs is 1. The van der Waals surface area contributed by atoms with E-state index in [0.29, 0.717) is 29.8 Å². The van der Waals surface area contributed by atoms with Crippen molar-refractivity contribution in [2.45, 2.75) is 32.7 Å². The number of urea groups is 1. The molecule has 7 heteroatoms. The predicted molar refractivity (Wildman–Crippen MR) is 99.2 cm³/mol. The lowest BCUT2D eigenvalue weighted by Gasteiger charge is -2.24. The summed E-state index contributed by atoms with van der Waals surface area (Å²) in [4.78, 5) is 29.8. The van der Waals surface area contributed by atoms with Gasteiger partial charge in [-0.25, -0.2) is 14.7 Å². The van der Waals surface area contributed by atoms with E-state index in [1.807, 2.05) is 18.2 Å². The summed E-state index contributed by atoms with van der Waals surface area (Å²) in [5.74, 6) is 2.03. The summed E-state index contributed by atoms with van der Waals surface area (Å²) in [6, 6.07) is 8.54. The van der Waals surface area contributed by atoms with Gasteiger partial charge >= 0.3 is 6.03 Å². The highest BCUT2D eigenvalue weighted by Gasteiger charge is 2.45. The van der Waals surface area contributed by atoms with Crippen LogP contribution in [0.1, 0.15) is 26.3 Å². The van der Waals surface area contributed by atoms with Gasteiger partial charge in [-0.3, -0.25) is 4.79 Å². The molecular formula is C20H21N3O4. The van der Waals surface area contributed by atoms with Gasteiger partial charge in [-0.05, 0) is 44.4 Å². The molecule has 7 nitrogen and oxygen atoms in total. The van der Waals surface area contributed by atoms with Gasteiger partial charge in [0.05, 0.1) is 18.5 Å². The van der Waals surface area contributed by atoms with E-state index in [0.717, 1.165) is 22.6 Å². The van der Waals surface area contributed by atoms with Gasteiger partial charge in [0.15, 0.2) is 0 Å². The molecule has 2 aliphatic heterocycles. The van der Waals surface area contributed by atoms with Gasteiger partial charge in [-0.1, -0.05) is 13.0 Å². The summed E-state index contributed by atoms with van der Waals surface area (Å²) in [6.07, 6.45) is 2.34. The first-order valence-electron chi connectivity index (χ1n) is 8.90. The summed E-state index contributed by atoms with van der Waals surface area (Å²) in [7, 11) is 0. The monoisotopic (exact) mass is 367 g/mol. The molecule has 0 bridgehead atoms. The van der Waals surface area contributed by atoms with Crippen molar-refractivity contribution in [1.29, 1.82) is 0 Å². The number of hydrogen-bond acceptors (Lipinski definition) is 5. The molecule has 2 aliphatic rings. The van der Waals surface area contributed by atoms with Crippen LogP contribution >= 0.6 is 0 Å². The summed E-state index contributed by atoms with van der Waals surface area (Å²) in [6.45, 7) is 6.16. The number of aromatic nitrogens is 1. The third-order valence-corrected chi connectivity index (χ3v) is 4.72. The van der Waals surface area contributed by atoms with E-state index in [1.54, 1.807) is 26.0 Å². The molecule has 0 unspecified atom stereocenters. The number of carbonyl (C=O) groups excluding carboxylic acids is 2. The van der Waals surface area contributed by atoms with Crippen LogP contribution in [0.5, 0.6) is 17.4 Å². The fraction of sp³-hybridized carbons (Fsp3) is 0.350. The molecular weight excluding hydrogens is 346 g/mol. The number of imide groups is 1. The second-order valence-electron chi connectivity index (χ2n) is 7.51. The molecule has 27 heavy (non-hydrogen) atoms. The summed E-state index contributed by atoms with van der Waals surface area (Å²) in [5, 5.41) is 2.65. The Morgan fingerprint density at radius 3 is 2.74 bits per heavy atom. The van der Waals surface area contributed by atoms with Crippen LogP contribution in [0.25, 0.3) is 0 Å². The molecule has 1 N–H and O–H groups in total. The van der Waals surface area contributed by atoms with Crippen molar-refractivity contribution < 1.29 is 19.1 Å². The standard InChI is InChI=1S/C20H21N3O4/c1-12-9-14-15(26-11-12)5-4-6-16(14)27-17-8-7-13(10-21-17)23-18(24)20(2,3)22-19(23)25/h4-8,10,12H,9,11H2,1-3H3,(H,22,25)/t12-/m0/s1. The van der Waals surface area contributed by atoms with E-state index in [-0.39, 0.29) is 5.91 Å². The second-order valence-corrected chi connectivity index (χ2v) is 7.51. The van der Waals surface area contributed by atoms with E-state index in [1.165, 1.54) is 6.20 Å². The molecule has 1 atom stereocenters. The van der Waals surface area contributed by atoms with Gasteiger partial charge in [0, 0.05) is 11.6 Å². The van der Waals surface area contributed by atoms with Crippen LogP contribution in [0.15, 0.2) is 36.5 Å². The van der Waals surface area contributed by atoms with Crippen LogP contribution in [0.4, 0.5) is 10.5 Å². The quantitative estimate of drug-likeness (QED) is 0.842. The largest absolute Gasteiger partial charge is 0.493 e. The van der Waals surface area contributed by atoms with Gasteiger partial charge < -0.3 is 14.8 Å². The van der Waals surface area contributed by atoms with Crippen molar-refractivity contribution in [2.75, 3.05) is 11.5 Å². The van der Waals surface area contributed by atoms with Crippen LogP contribution in [-0.4, -0.2) is 29.1 Å². The van der Waals surface area contributed by atoms with Gasteiger partial charge in [-0.15, -0.1) is 0 Å². The van der Waals surface area contributed by atoms with Gasteiger partial charge in [0.2, 0.25) is 5.88 Å². The molecule has 0 radical (unpaired) electrons. The highest BCUT2D eigenvalue weighted by molar-refractivity contribution is 6.22. The minimum atomic E-state index is -0.925. The molecule has 4 rings (SSSR count). The van der Waals surface area contributed by atoms with Crippen LogP contribution in [0.2, 0.25) is 0 Å². The van der Waals surface area contributed by atoms with Gasteiger partial charge in [0.1, 0.15) is 17.0 Å². The summed E-state index contributed by atoms with van der Waals surface area (Å²) < 4.78 is 11.7. The van der Waals surface area contributed by atoms with Crippen LogP contribution in [-0.2, 0) is 11.2 Å². The zero-order valence-corrected chi connectivity index (χ0v) is 15.5. The summed E-state index contributed by atoms with van der Waals surface area (Å²) in [5.41, 5.74) is 0.506. The average molecular weight is 367 g/mol. The maximum atomic E-state index is 12.4. The number of rotatable bonds is 3. The minimum Gasteiger partial charge on any atom is -0.493 e. The SMILES string of the molecule is C[C@@H]1COc2cccc(Oc3ccc(N4C(=O)NC(C)(C)C4=O)cn3)c2C1. The van der Waals surface area contributed by atoms with Crippen molar-refractivity contribution in [3.63, 3.8) is 0 Å². The fourth-order valence-corrected chi connectivity index (χ4v) is 3.28. The van der Waals surface area contributed by atoms with Crippen molar-refractivity contribution >= 4 is 17.6 Å². The van der Waals surface area contributed by atoms with Crippen LogP contribution in [0.3, 0.4) is 0 Å². The van der Waals surface area contributed by atoms with Gasteiger partial charge in [-0.2, -0.15) is 0 Å². The average Bonchev–Trinajstić information content (AvgIpc) is 2.83. The fourth-order valence-electron chi connectivity index (χ4n) is 3.28. The maximum Gasteiger partial charge on any atom is 0.329 e. The second kappa shape index (κ2) is 6.26. The molecule has 0 saturated carbocycles. The minimum absolute atomic E-state index is 0.314. The Morgan fingerprint density at radius 1 is 1.26 bits per heavy atom. The number of nitrogens with one attached hydrogen (secondary N) is 1. The lowest BCUT2D eigenvalue weighted by Crippen LogP contribution is -2.40. The maximum absolute atomic E-state index is 12.4. The molecule has 1 aromatic carbocycles. The topological polar surface area (TPSA) is 80.8 Å². The normalized spacial score (nSPS) is 20.7. The van der Waals surface area contributed by atoms with E-state index in [2.05, 4.69) is 17.2 Å². The number of anilines is 1. The number of pyridine rings is 1. The Balaban J connectivity index is 1.56. The van der Waals surface area contributed by atoms with E-state index < -0.39 is 11.6 Å². The first kappa shape index (κ1) is 17.3. The smallest absolute Gasteiger partial charge is 0.329 e. The number of benzene rings is 1. The van der Waals surface area contributed by atoms with Crippen molar-refractivity contribution in [1.82, 2.24) is 10.3 Å². The zero-order valence-electron chi connectivity index (χ0n) is 15.5. The molecule has 1 aromatic heterocycles.